The quantitative estimate of drug-likeness (QED) is 0.848. The first-order chi connectivity index (χ1) is 9.44. The maximum atomic E-state index is 12.4. The fourth-order valence-electron chi connectivity index (χ4n) is 2.39. The zero-order valence-corrected chi connectivity index (χ0v) is 13.4. The third-order valence-corrected chi connectivity index (χ3v) is 5.82. The molecule has 2 rings (SSSR count). The molecule has 0 heterocycles. The summed E-state index contributed by atoms with van der Waals surface area (Å²) in [5.74, 6) is 0.467. The summed E-state index contributed by atoms with van der Waals surface area (Å²) in [6.07, 6.45) is 3.41. The van der Waals surface area contributed by atoms with Crippen LogP contribution < -0.4 is 10.0 Å². The predicted molar refractivity (Wildman–Crippen MR) is 81.3 cm³/mol. The van der Waals surface area contributed by atoms with Gasteiger partial charge in [0.2, 0.25) is 10.0 Å². The summed E-state index contributed by atoms with van der Waals surface area (Å²) in [5.41, 5.74) is 0.785. The first-order valence-corrected chi connectivity index (χ1v) is 8.75. The van der Waals surface area contributed by atoms with E-state index in [1.807, 2.05) is 6.92 Å². The molecule has 20 heavy (non-hydrogen) atoms. The molecule has 1 aromatic rings. The van der Waals surface area contributed by atoms with Gasteiger partial charge >= 0.3 is 0 Å². The number of nitrogens with one attached hydrogen (secondary N) is 2. The van der Waals surface area contributed by atoms with Crippen LogP contribution in [0.25, 0.3) is 0 Å². The highest BCUT2D eigenvalue weighted by Gasteiger charge is 2.28. The summed E-state index contributed by atoms with van der Waals surface area (Å²) in [6, 6.07) is 4.81. The monoisotopic (exact) mass is 316 g/mol. The number of hydrogen-bond donors (Lipinski definition) is 2. The van der Waals surface area contributed by atoms with Gasteiger partial charge < -0.3 is 5.32 Å². The van der Waals surface area contributed by atoms with Crippen LogP contribution in [0, 0.1) is 5.92 Å². The van der Waals surface area contributed by atoms with Gasteiger partial charge in [0.25, 0.3) is 0 Å². The van der Waals surface area contributed by atoms with Gasteiger partial charge in [-0.3, -0.25) is 0 Å². The Labute approximate surface area is 126 Å². The van der Waals surface area contributed by atoms with E-state index in [2.05, 4.69) is 10.0 Å². The smallest absolute Gasteiger partial charge is 0.240 e. The van der Waals surface area contributed by atoms with Crippen LogP contribution in [0.5, 0.6) is 0 Å². The average Bonchev–Trinajstić information content (AvgIpc) is 2.28. The minimum Gasteiger partial charge on any atom is -0.316 e. The van der Waals surface area contributed by atoms with Crippen molar-refractivity contribution in [1.82, 2.24) is 10.0 Å². The van der Waals surface area contributed by atoms with Crippen molar-refractivity contribution in [2.75, 3.05) is 7.05 Å². The van der Waals surface area contributed by atoms with Gasteiger partial charge in [-0.15, -0.1) is 0 Å². The molecule has 4 nitrogen and oxygen atoms in total. The van der Waals surface area contributed by atoms with Gasteiger partial charge in [-0.25, -0.2) is 13.1 Å². The molecule has 0 saturated heterocycles. The average molecular weight is 317 g/mol. The third kappa shape index (κ3) is 3.52. The van der Waals surface area contributed by atoms with Crippen LogP contribution in [-0.4, -0.2) is 21.5 Å². The number of benzene rings is 1. The Morgan fingerprint density at radius 1 is 1.40 bits per heavy atom. The Morgan fingerprint density at radius 2 is 2.10 bits per heavy atom. The number of halogens is 1. The number of sulfonamides is 1. The second-order valence-corrected chi connectivity index (χ2v) is 7.51. The Bertz CT molecular complexity index is 571. The molecular weight excluding hydrogens is 296 g/mol. The third-order valence-electron chi connectivity index (χ3n) is 3.89. The molecule has 1 aromatic carbocycles. The number of rotatable bonds is 6. The summed E-state index contributed by atoms with van der Waals surface area (Å²) in [7, 11) is -1.67. The minimum atomic E-state index is -3.47. The molecule has 1 unspecified atom stereocenters. The minimum absolute atomic E-state index is 0.0165. The highest BCUT2D eigenvalue weighted by atomic mass is 35.5. The Balaban J connectivity index is 2.17. The molecule has 0 spiro atoms. The fourth-order valence-corrected chi connectivity index (χ4v) is 3.94. The molecule has 0 aliphatic heterocycles. The zero-order chi connectivity index (χ0) is 14.8. The Hall–Kier alpha value is -0.620. The largest absolute Gasteiger partial charge is 0.316 e. The van der Waals surface area contributed by atoms with Crippen molar-refractivity contribution in [2.24, 2.45) is 5.92 Å². The SMILES string of the molecule is CNCc1cc(S(=O)(=O)NC(C)C2CCC2)ccc1Cl. The molecule has 1 fully saturated rings. The summed E-state index contributed by atoms with van der Waals surface area (Å²) >= 11 is 6.06. The van der Waals surface area contributed by atoms with Gasteiger partial charge in [0.1, 0.15) is 0 Å². The topological polar surface area (TPSA) is 58.2 Å². The van der Waals surface area contributed by atoms with Crippen molar-refractivity contribution in [3.63, 3.8) is 0 Å². The predicted octanol–water partition coefficient (Wildman–Crippen LogP) is 2.53. The van der Waals surface area contributed by atoms with Crippen molar-refractivity contribution in [3.8, 4) is 0 Å². The normalized spacial score (nSPS) is 17.8. The summed E-state index contributed by atoms with van der Waals surface area (Å²) in [6.45, 7) is 2.48. The molecule has 6 heteroatoms. The van der Waals surface area contributed by atoms with Crippen LogP contribution in [-0.2, 0) is 16.6 Å². The molecule has 2 N–H and O–H groups in total. The van der Waals surface area contributed by atoms with Crippen LogP contribution in [0.3, 0.4) is 0 Å². The Morgan fingerprint density at radius 3 is 2.65 bits per heavy atom. The van der Waals surface area contributed by atoms with E-state index in [4.69, 9.17) is 11.6 Å². The van der Waals surface area contributed by atoms with Crippen LogP contribution in [0.15, 0.2) is 23.1 Å². The first kappa shape index (κ1) is 15.8. The van der Waals surface area contributed by atoms with E-state index in [-0.39, 0.29) is 10.9 Å². The van der Waals surface area contributed by atoms with Gasteiger partial charge in [0.05, 0.1) is 4.90 Å². The van der Waals surface area contributed by atoms with Crippen molar-refractivity contribution >= 4 is 21.6 Å². The first-order valence-electron chi connectivity index (χ1n) is 6.89. The second-order valence-electron chi connectivity index (χ2n) is 5.38. The maximum Gasteiger partial charge on any atom is 0.240 e. The summed E-state index contributed by atoms with van der Waals surface area (Å²) in [5, 5.41) is 3.56. The lowest BCUT2D eigenvalue weighted by Gasteiger charge is -2.31. The van der Waals surface area contributed by atoms with Crippen molar-refractivity contribution < 1.29 is 8.42 Å². The van der Waals surface area contributed by atoms with Gasteiger partial charge in [0.15, 0.2) is 0 Å². The highest BCUT2D eigenvalue weighted by Crippen LogP contribution is 2.30. The molecule has 1 aliphatic carbocycles. The summed E-state index contributed by atoms with van der Waals surface area (Å²) in [4.78, 5) is 0.276. The van der Waals surface area contributed by atoms with E-state index in [0.717, 1.165) is 18.4 Å². The molecule has 1 aliphatic rings. The Kier molecular flexibility index (Phi) is 5.07. The van der Waals surface area contributed by atoms with Crippen LogP contribution in [0.1, 0.15) is 31.7 Å². The highest BCUT2D eigenvalue weighted by molar-refractivity contribution is 7.89. The molecule has 0 radical (unpaired) electrons. The lowest BCUT2D eigenvalue weighted by Crippen LogP contribution is -2.40. The van der Waals surface area contributed by atoms with Gasteiger partial charge in [-0.05, 0) is 56.5 Å². The molecule has 0 amide bonds. The molecule has 0 bridgehead atoms. The molecular formula is C14H21ClN2O2S. The van der Waals surface area contributed by atoms with E-state index in [1.54, 1.807) is 25.2 Å². The molecule has 1 atom stereocenters. The second kappa shape index (κ2) is 6.43. The van der Waals surface area contributed by atoms with Gasteiger partial charge in [-0.1, -0.05) is 18.0 Å². The fraction of sp³-hybridized carbons (Fsp3) is 0.571. The molecule has 112 valence electrons. The van der Waals surface area contributed by atoms with Crippen molar-refractivity contribution in [2.45, 2.75) is 43.7 Å². The van der Waals surface area contributed by atoms with Gasteiger partial charge in [0, 0.05) is 17.6 Å². The van der Waals surface area contributed by atoms with Crippen LogP contribution in [0.4, 0.5) is 0 Å². The van der Waals surface area contributed by atoms with Gasteiger partial charge in [-0.2, -0.15) is 0 Å². The van der Waals surface area contributed by atoms with Crippen LogP contribution in [0.2, 0.25) is 5.02 Å². The molecule has 0 aromatic heterocycles. The van der Waals surface area contributed by atoms with E-state index in [0.29, 0.717) is 17.5 Å². The van der Waals surface area contributed by atoms with E-state index in [1.165, 1.54) is 6.42 Å². The zero-order valence-electron chi connectivity index (χ0n) is 11.8. The lowest BCUT2D eigenvalue weighted by atomic mass is 9.81. The maximum absolute atomic E-state index is 12.4. The van der Waals surface area contributed by atoms with E-state index >= 15 is 0 Å². The van der Waals surface area contributed by atoms with Crippen molar-refractivity contribution in [1.29, 1.82) is 0 Å². The van der Waals surface area contributed by atoms with Crippen molar-refractivity contribution in [3.05, 3.63) is 28.8 Å². The van der Waals surface area contributed by atoms with Crippen LogP contribution >= 0.6 is 11.6 Å². The van der Waals surface area contributed by atoms with E-state index < -0.39 is 10.0 Å². The van der Waals surface area contributed by atoms with E-state index in [9.17, 15) is 8.42 Å². The lowest BCUT2D eigenvalue weighted by molar-refractivity contribution is 0.260. The number of hydrogen-bond acceptors (Lipinski definition) is 3. The standard InChI is InChI=1S/C14H21ClN2O2S/c1-10(11-4-3-5-11)17-20(18,19)13-6-7-14(15)12(8-13)9-16-2/h6-8,10-11,16-17H,3-5,9H2,1-2H3. The molecule has 1 saturated carbocycles. The summed E-state index contributed by atoms with van der Waals surface area (Å²) < 4.78 is 27.5.